The summed E-state index contributed by atoms with van der Waals surface area (Å²) in [6.07, 6.45) is 1.50. The fraction of sp³-hybridized carbons (Fsp3) is 0.444. The van der Waals surface area contributed by atoms with Crippen molar-refractivity contribution in [2.75, 3.05) is 62.9 Å². The lowest BCUT2D eigenvalue weighted by Crippen LogP contribution is -2.41. The van der Waals surface area contributed by atoms with Gasteiger partial charge in [-0.15, -0.1) is 0 Å². The van der Waals surface area contributed by atoms with Crippen LogP contribution in [0, 0.1) is 5.82 Å². The fourth-order valence-electron chi connectivity index (χ4n) is 3.11. The number of benzene rings is 1. The van der Waals surface area contributed by atoms with Gasteiger partial charge in [-0.25, -0.2) is 14.4 Å². The maximum Gasteiger partial charge on any atom is 0.156 e. The van der Waals surface area contributed by atoms with Crippen molar-refractivity contribution in [3.05, 3.63) is 42.0 Å². The Morgan fingerprint density at radius 2 is 1.92 bits per heavy atom. The molecule has 0 unspecified atom stereocenters. The predicted octanol–water partition coefficient (Wildman–Crippen LogP) is 1.75. The number of nitrogen functional groups attached to an aromatic ring is 1. The molecular formula is C18H25FN6O. The molecule has 3 rings (SSSR count). The first kappa shape index (κ1) is 18.3. The number of rotatable bonds is 6. The normalized spacial score (nSPS) is 16.3. The summed E-state index contributed by atoms with van der Waals surface area (Å²) in [5.74, 6) is 1.04. The van der Waals surface area contributed by atoms with E-state index in [4.69, 9.17) is 10.5 Å². The summed E-state index contributed by atoms with van der Waals surface area (Å²) in [5.41, 5.74) is 7.75. The summed E-state index contributed by atoms with van der Waals surface area (Å²) in [4.78, 5) is 12.6. The van der Waals surface area contributed by atoms with Crippen LogP contribution in [-0.4, -0.2) is 61.8 Å². The maximum atomic E-state index is 13.3. The Kier molecular flexibility index (Phi) is 5.85. The minimum Gasteiger partial charge on any atom is -0.393 e. The van der Waals surface area contributed by atoms with Crippen LogP contribution in [0.25, 0.3) is 0 Å². The topological polar surface area (TPSA) is 79.5 Å². The van der Waals surface area contributed by atoms with Gasteiger partial charge >= 0.3 is 0 Å². The average molecular weight is 360 g/mol. The number of hydrogen-bond donors (Lipinski definition) is 2. The summed E-state index contributed by atoms with van der Waals surface area (Å²) >= 11 is 0. The van der Waals surface area contributed by atoms with Crippen LogP contribution >= 0.6 is 0 Å². The average Bonchev–Trinajstić information content (AvgIpc) is 2.65. The van der Waals surface area contributed by atoms with Gasteiger partial charge in [-0.3, -0.25) is 4.90 Å². The van der Waals surface area contributed by atoms with Gasteiger partial charge < -0.3 is 20.7 Å². The Labute approximate surface area is 153 Å². The van der Waals surface area contributed by atoms with Gasteiger partial charge in [0.2, 0.25) is 0 Å². The molecule has 8 heteroatoms. The molecule has 2 heterocycles. The number of ether oxygens (including phenoxy) is 1. The Bertz CT molecular complexity index is 718. The molecule has 0 amide bonds. The highest BCUT2D eigenvalue weighted by Crippen LogP contribution is 2.27. The number of hydrogen-bond acceptors (Lipinski definition) is 7. The molecule has 1 saturated heterocycles. The quantitative estimate of drug-likeness (QED) is 0.812. The third-order valence-electron chi connectivity index (χ3n) is 4.49. The molecule has 0 spiro atoms. The van der Waals surface area contributed by atoms with Crippen molar-refractivity contribution < 1.29 is 9.13 Å². The van der Waals surface area contributed by atoms with Crippen molar-refractivity contribution in [3.63, 3.8) is 0 Å². The minimum atomic E-state index is -0.238. The number of aromatic nitrogens is 2. The van der Waals surface area contributed by atoms with Crippen molar-refractivity contribution >= 4 is 17.3 Å². The third kappa shape index (κ3) is 4.20. The lowest BCUT2D eigenvalue weighted by molar-refractivity contribution is 0.0187. The van der Waals surface area contributed by atoms with Crippen LogP contribution in [0.3, 0.4) is 0 Å². The van der Waals surface area contributed by atoms with E-state index in [1.807, 2.05) is 31.1 Å². The fourth-order valence-corrected chi connectivity index (χ4v) is 3.11. The monoisotopic (exact) mass is 360 g/mol. The van der Waals surface area contributed by atoms with Gasteiger partial charge in [0.25, 0.3) is 0 Å². The van der Waals surface area contributed by atoms with Gasteiger partial charge in [0.15, 0.2) is 11.6 Å². The van der Waals surface area contributed by atoms with Crippen molar-refractivity contribution in [3.8, 4) is 0 Å². The molecule has 1 aromatic carbocycles. The second-order valence-corrected chi connectivity index (χ2v) is 6.45. The predicted molar refractivity (Wildman–Crippen MR) is 101 cm³/mol. The van der Waals surface area contributed by atoms with Crippen LogP contribution in [-0.2, 0) is 4.74 Å². The SMILES string of the molecule is CN(C)c1ncnc(NC[C@H](c2ccc(F)cc2)N2CCOCC2)c1N. The molecule has 1 fully saturated rings. The van der Waals surface area contributed by atoms with Gasteiger partial charge in [0.05, 0.1) is 19.3 Å². The number of nitrogens with two attached hydrogens (primary N) is 1. The van der Waals surface area contributed by atoms with Crippen molar-refractivity contribution in [2.45, 2.75) is 6.04 Å². The van der Waals surface area contributed by atoms with Crippen molar-refractivity contribution in [1.82, 2.24) is 14.9 Å². The standard InChI is InChI=1S/C18H25FN6O/c1-24(2)18-16(20)17(22-12-23-18)21-11-15(25-7-9-26-10-8-25)13-3-5-14(19)6-4-13/h3-6,12,15H,7-11,20H2,1-2H3,(H,21,22,23)/t15-/m1/s1. The maximum absolute atomic E-state index is 13.3. The van der Waals surface area contributed by atoms with Crippen LogP contribution in [0.1, 0.15) is 11.6 Å². The molecule has 1 aromatic heterocycles. The summed E-state index contributed by atoms with van der Waals surface area (Å²) in [5, 5.41) is 3.34. The van der Waals surface area contributed by atoms with Gasteiger partial charge in [-0.05, 0) is 17.7 Å². The van der Waals surface area contributed by atoms with E-state index in [0.717, 1.165) is 18.7 Å². The van der Waals surface area contributed by atoms with Gasteiger partial charge in [0, 0.05) is 33.7 Å². The summed E-state index contributed by atoms with van der Waals surface area (Å²) in [6.45, 7) is 3.63. The van der Waals surface area contributed by atoms with Crippen LogP contribution < -0.4 is 16.0 Å². The van der Waals surface area contributed by atoms with Crippen molar-refractivity contribution in [2.24, 2.45) is 0 Å². The second kappa shape index (κ2) is 8.29. The molecule has 0 radical (unpaired) electrons. The minimum absolute atomic E-state index is 0.0664. The van der Waals surface area contributed by atoms with E-state index in [1.54, 1.807) is 0 Å². The number of halogens is 1. The van der Waals surface area contributed by atoms with Gasteiger partial charge in [-0.1, -0.05) is 12.1 Å². The number of nitrogens with one attached hydrogen (secondary N) is 1. The van der Waals surface area contributed by atoms with Gasteiger partial charge in [0.1, 0.15) is 17.8 Å². The molecule has 0 bridgehead atoms. The van der Waals surface area contributed by atoms with E-state index in [9.17, 15) is 4.39 Å². The first-order chi connectivity index (χ1) is 12.6. The lowest BCUT2D eigenvalue weighted by atomic mass is 10.0. The molecule has 7 nitrogen and oxygen atoms in total. The Morgan fingerprint density at radius 3 is 2.58 bits per heavy atom. The Balaban J connectivity index is 1.80. The second-order valence-electron chi connectivity index (χ2n) is 6.45. The Hall–Kier alpha value is -2.45. The lowest BCUT2D eigenvalue weighted by Gasteiger charge is -2.35. The number of nitrogens with zero attached hydrogens (tertiary/aromatic N) is 4. The smallest absolute Gasteiger partial charge is 0.156 e. The van der Waals surface area contributed by atoms with E-state index < -0.39 is 0 Å². The third-order valence-corrected chi connectivity index (χ3v) is 4.49. The number of anilines is 3. The molecule has 3 N–H and O–H groups in total. The van der Waals surface area contributed by atoms with Crippen LogP contribution in [0.2, 0.25) is 0 Å². The first-order valence-corrected chi connectivity index (χ1v) is 8.65. The highest BCUT2D eigenvalue weighted by molar-refractivity contribution is 5.74. The highest BCUT2D eigenvalue weighted by atomic mass is 19.1. The molecule has 1 atom stereocenters. The molecule has 1 aliphatic heterocycles. The van der Waals surface area contributed by atoms with Crippen LogP contribution in [0.15, 0.2) is 30.6 Å². The summed E-state index contributed by atoms with van der Waals surface area (Å²) < 4.78 is 18.8. The molecule has 0 aliphatic carbocycles. The molecule has 26 heavy (non-hydrogen) atoms. The van der Waals surface area contributed by atoms with E-state index in [-0.39, 0.29) is 11.9 Å². The zero-order valence-corrected chi connectivity index (χ0v) is 15.2. The van der Waals surface area contributed by atoms with Crippen LogP contribution in [0.5, 0.6) is 0 Å². The van der Waals surface area contributed by atoms with Crippen molar-refractivity contribution in [1.29, 1.82) is 0 Å². The highest BCUT2D eigenvalue weighted by Gasteiger charge is 2.23. The Morgan fingerprint density at radius 1 is 1.23 bits per heavy atom. The molecular weight excluding hydrogens is 335 g/mol. The van der Waals surface area contributed by atoms with E-state index in [0.29, 0.717) is 37.1 Å². The molecule has 140 valence electrons. The zero-order chi connectivity index (χ0) is 18.5. The van der Waals surface area contributed by atoms with Gasteiger partial charge in [-0.2, -0.15) is 0 Å². The van der Waals surface area contributed by atoms with E-state index >= 15 is 0 Å². The molecule has 0 saturated carbocycles. The number of morpholine rings is 1. The molecule has 1 aliphatic rings. The molecule has 2 aromatic rings. The zero-order valence-electron chi connectivity index (χ0n) is 15.2. The van der Waals surface area contributed by atoms with E-state index in [1.165, 1.54) is 18.5 Å². The van der Waals surface area contributed by atoms with E-state index in [2.05, 4.69) is 20.2 Å². The first-order valence-electron chi connectivity index (χ1n) is 8.65. The largest absolute Gasteiger partial charge is 0.393 e. The summed E-state index contributed by atoms with van der Waals surface area (Å²) in [7, 11) is 3.77. The van der Waals surface area contributed by atoms with Crippen LogP contribution in [0.4, 0.5) is 21.7 Å². The summed E-state index contributed by atoms with van der Waals surface area (Å²) in [6, 6.07) is 6.70.